The van der Waals surface area contributed by atoms with Gasteiger partial charge < -0.3 is 77.7 Å². The SMILES string of the molecule is CC(C)(OC(=O)C(COC(=O)C(Br)(Br)Br)COC(=O)C(Br)(Br)Br)C1CCNCC1.CC(C)(OC(=O)C(COC(=O)C(Br)Br)COC(=O)C(Br)Br)C1CCNCC1.CC(C)(OC(=O)c1cc(OC(=O)C(Br)Br)cc(OC(=O)C(Br)Br)c1)C1CCNCC1.CN1CCC(C(C)(C)OC(=O)c2cc(OC(=O)C(Br)Br)cc(OC(=O)C(Br)Br)c2)CC1. The first-order chi connectivity index (χ1) is 54.1. The molecule has 4 aliphatic heterocycles. The monoisotopic (exact) mass is 2800 g/mol. The zero-order valence-electron chi connectivity index (χ0n) is 64.1. The number of alkyl halides is 18. The molecular weight excluding hydrogens is 2730 g/mol. The number of carbonyl (C=O) groups excluding carboxylic acids is 12. The van der Waals surface area contributed by atoms with Gasteiger partial charge in [0.15, 0.2) is 22.4 Å². The molecule has 0 aliphatic carbocycles. The van der Waals surface area contributed by atoms with E-state index < -0.39 is 133 Å². The maximum Gasteiger partial charge on any atom is 0.344 e. The van der Waals surface area contributed by atoms with Gasteiger partial charge in [0.05, 0.1) is 11.1 Å². The van der Waals surface area contributed by atoms with Crippen molar-refractivity contribution < 1.29 is 114 Å². The highest BCUT2D eigenvalue weighted by Gasteiger charge is 2.43. The standard InChI is InChI=1S/C20H23Br4NO6.C19H21Br4NO6.C16H21Br6NO6.C16H23Br4NO6/c1-20(2,12-4-6-25(3)7-5-12)31-17(26)11-8-13(29-18(27)15(21)22)10-14(9-11)30-19(28)16(23)24;1-19(2,11-3-5-24-6-4-11)30-16(25)10-7-12(28-17(26)14(20)21)9-13(8-10)29-18(27)15(22)23;1-14(2,10-3-5-23-6-4-10)29-11(24)9(7-27-12(25)15(17,18)19)8-28-13(26)16(20,21)22;1-16(2,10-3-5-21-6-4-10)27-13(22)9(7-25-14(23)11(17)18)8-26-15(24)12(19)20/h8-10,12,15-16H,4-7H2,1-3H3;7-9,11,14-15,24H,3-6H2,1-2H3;9-10,23H,3-8H2,1-2H3;9-12,21H,3-8H2,1-2H3. The first-order valence-electron chi connectivity index (χ1n) is 35.5. The number of likely N-dealkylation sites (tertiary alicyclic amines) is 1. The van der Waals surface area contributed by atoms with Crippen LogP contribution in [0.5, 0.6) is 23.0 Å². The summed E-state index contributed by atoms with van der Waals surface area (Å²) in [6.45, 7) is 21.0. The maximum absolute atomic E-state index is 13.0. The number of piperidine rings is 4. The van der Waals surface area contributed by atoms with E-state index in [1.54, 1.807) is 0 Å². The summed E-state index contributed by atoms with van der Waals surface area (Å²) in [6.07, 6.45) is 7.21. The second-order valence-corrected chi connectivity index (χ2v) is 60.3. The molecule has 4 aliphatic rings. The molecule has 3 N–H and O–H groups in total. The third-order valence-corrected chi connectivity index (χ3v) is 24.5. The normalized spacial score (nSPS) is 15.8. The van der Waals surface area contributed by atoms with Crippen LogP contribution >= 0.6 is 287 Å². The van der Waals surface area contributed by atoms with Crippen LogP contribution in [0.1, 0.15) is 127 Å². The Morgan fingerprint density at radius 1 is 0.333 bits per heavy atom. The molecule has 117 heavy (non-hydrogen) atoms. The van der Waals surface area contributed by atoms with Gasteiger partial charge in [0.1, 0.15) is 83.7 Å². The van der Waals surface area contributed by atoms with E-state index in [-0.39, 0.29) is 84.2 Å². The zero-order chi connectivity index (χ0) is 88.9. The lowest BCUT2D eigenvalue weighted by Gasteiger charge is -2.39. The number of nitrogens with one attached hydrogen (secondary N) is 3. The summed E-state index contributed by atoms with van der Waals surface area (Å²) in [4.78, 5) is 149. The number of hydrogen-bond acceptors (Lipinski definition) is 28. The van der Waals surface area contributed by atoms with Gasteiger partial charge in [-0.2, -0.15) is 0 Å². The molecule has 0 atom stereocenters. The summed E-state index contributed by atoms with van der Waals surface area (Å²) >= 11 is 54.9. The van der Waals surface area contributed by atoms with Gasteiger partial charge in [0.2, 0.25) is 4.29 Å². The highest BCUT2D eigenvalue weighted by molar-refractivity contribution is 9.40. The molecule has 4 heterocycles. The third kappa shape index (κ3) is 42.1. The van der Waals surface area contributed by atoms with Gasteiger partial charge in [-0.1, -0.05) is 191 Å². The minimum atomic E-state index is -1.27. The van der Waals surface area contributed by atoms with Crippen molar-refractivity contribution in [2.24, 2.45) is 35.5 Å². The van der Waals surface area contributed by atoms with Crippen molar-refractivity contribution in [2.75, 3.05) is 85.8 Å². The van der Waals surface area contributed by atoms with Gasteiger partial charge in [0, 0.05) is 35.8 Å². The minimum Gasteiger partial charge on any atom is -0.463 e. The molecule has 2 aromatic carbocycles. The van der Waals surface area contributed by atoms with Crippen LogP contribution in [-0.4, -0.2) is 211 Å². The summed E-state index contributed by atoms with van der Waals surface area (Å²) < 4.78 is 57.7. The van der Waals surface area contributed by atoms with Crippen LogP contribution in [0.3, 0.4) is 0 Å². The van der Waals surface area contributed by atoms with Crippen molar-refractivity contribution in [1.82, 2.24) is 20.9 Å². The summed E-state index contributed by atoms with van der Waals surface area (Å²) in [5, 5.41) is 9.84. The first-order valence-corrected chi connectivity index (χ1v) is 51.2. The van der Waals surface area contributed by atoms with E-state index >= 15 is 0 Å². The molecule has 0 unspecified atom stereocenters. The molecule has 662 valence electrons. The van der Waals surface area contributed by atoms with Crippen molar-refractivity contribution in [3.05, 3.63) is 47.5 Å². The molecule has 0 spiro atoms. The highest BCUT2D eigenvalue weighted by atomic mass is 80.0. The lowest BCUT2D eigenvalue weighted by molar-refractivity contribution is -0.176. The minimum absolute atomic E-state index is 0.0431. The molecule has 6 rings (SSSR count). The molecule has 4 saturated heterocycles. The number of carbonyl (C=O) groups is 12. The van der Waals surface area contributed by atoms with Crippen molar-refractivity contribution in [2.45, 2.75) is 156 Å². The van der Waals surface area contributed by atoms with Crippen LogP contribution in [0.2, 0.25) is 0 Å². The topological polar surface area (TPSA) is 355 Å². The predicted octanol–water partition coefficient (Wildman–Crippen LogP) is 17.6. The molecular formula is C71H88Br18N4O24. The Kier molecular flexibility index (Phi) is 51.1. The Hall–Kier alpha value is 0.560. The zero-order valence-corrected chi connectivity index (χ0v) is 92.6. The van der Waals surface area contributed by atoms with E-state index in [9.17, 15) is 57.5 Å². The Morgan fingerprint density at radius 2 is 0.556 bits per heavy atom. The van der Waals surface area contributed by atoms with E-state index in [2.05, 4.69) is 315 Å². The van der Waals surface area contributed by atoms with Crippen molar-refractivity contribution in [3.63, 3.8) is 0 Å². The number of ether oxygens (including phenoxy) is 12. The van der Waals surface area contributed by atoms with E-state index in [4.69, 9.17) is 56.8 Å². The van der Waals surface area contributed by atoms with Gasteiger partial charge in [0.25, 0.3) is 0 Å². The fraction of sp³-hybridized carbons (Fsp3) is 0.662. The number of halogens is 18. The summed E-state index contributed by atoms with van der Waals surface area (Å²) in [7, 11) is 2.07. The van der Waals surface area contributed by atoms with Crippen molar-refractivity contribution in [1.29, 1.82) is 0 Å². The van der Waals surface area contributed by atoms with E-state index in [1.165, 1.54) is 36.4 Å². The maximum atomic E-state index is 13.0. The van der Waals surface area contributed by atoms with Crippen molar-refractivity contribution >= 4 is 358 Å². The average molecular weight is 2820 g/mol. The van der Waals surface area contributed by atoms with E-state index in [0.717, 1.165) is 104 Å². The van der Waals surface area contributed by atoms with Crippen LogP contribution in [0.4, 0.5) is 0 Å². The highest BCUT2D eigenvalue weighted by Crippen LogP contribution is 2.40. The predicted molar refractivity (Wildman–Crippen MR) is 501 cm³/mol. The Bertz CT molecular complexity index is 3520. The van der Waals surface area contributed by atoms with E-state index in [0.29, 0.717) is 0 Å². The molecule has 4 fully saturated rings. The lowest BCUT2D eigenvalue weighted by Crippen LogP contribution is -2.45. The second-order valence-electron chi connectivity index (χ2n) is 28.4. The van der Waals surface area contributed by atoms with Crippen LogP contribution in [0, 0.1) is 35.5 Å². The Labute approximate surface area is 830 Å². The number of benzene rings is 2. The summed E-state index contributed by atoms with van der Waals surface area (Å²) in [6, 6.07) is 8.19. The van der Waals surface area contributed by atoms with Gasteiger partial charge in [-0.15, -0.1) is 0 Å². The second kappa shape index (κ2) is 53.5. The fourth-order valence-corrected chi connectivity index (χ4v) is 13.5. The van der Waals surface area contributed by atoms with Gasteiger partial charge in [-0.3, -0.25) is 9.59 Å². The molecule has 0 radical (unpaired) electrons. The first kappa shape index (κ1) is 112. The van der Waals surface area contributed by atoms with Gasteiger partial charge in [-0.25, -0.2) is 47.9 Å². The van der Waals surface area contributed by atoms with Crippen LogP contribution in [0.15, 0.2) is 36.4 Å². The lowest BCUT2D eigenvalue weighted by atomic mass is 9.83. The van der Waals surface area contributed by atoms with Crippen LogP contribution in [0.25, 0.3) is 0 Å². The van der Waals surface area contributed by atoms with Gasteiger partial charge >= 0.3 is 71.6 Å². The third-order valence-electron chi connectivity index (χ3n) is 18.1. The largest absolute Gasteiger partial charge is 0.463 e. The Morgan fingerprint density at radius 3 is 0.786 bits per heavy atom. The fourth-order valence-electron chi connectivity index (χ4n) is 11.5. The number of esters is 12. The summed E-state index contributed by atoms with van der Waals surface area (Å²) in [5.41, 5.74) is -2.54. The molecule has 0 amide bonds. The molecule has 0 saturated carbocycles. The average Bonchev–Trinajstić information content (AvgIpc) is 0.824. The van der Waals surface area contributed by atoms with Crippen molar-refractivity contribution in [3.8, 4) is 23.0 Å². The molecule has 0 aromatic heterocycles. The molecule has 46 heteroatoms. The number of rotatable bonds is 30. The van der Waals surface area contributed by atoms with Gasteiger partial charge in [-0.05, 0) is 286 Å². The number of hydrogen-bond donors (Lipinski definition) is 3. The molecule has 28 nitrogen and oxygen atoms in total. The summed E-state index contributed by atoms with van der Waals surface area (Å²) in [5.74, 6) is -8.36. The molecule has 2 aromatic rings. The quantitative estimate of drug-likeness (QED) is 0.0283. The molecule has 0 bridgehead atoms. The van der Waals surface area contributed by atoms with Crippen LogP contribution < -0.4 is 34.9 Å². The Balaban J connectivity index is 0.000000404. The van der Waals surface area contributed by atoms with E-state index in [1.807, 2.05) is 55.4 Å². The number of nitrogens with zero attached hydrogens (tertiary/aromatic N) is 1. The smallest absolute Gasteiger partial charge is 0.344 e. The van der Waals surface area contributed by atoms with Crippen LogP contribution in [-0.2, 0) is 85.8 Å².